The van der Waals surface area contributed by atoms with Crippen LogP contribution in [0.1, 0.15) is 15.9 Å². The molecule has 3 aromatic carbocycles. The van der Waals surface area contributed by atoms with E-state index in [4.69, 9.17) is 9.73 Å². The van der Waals surface area contributed by atoms with Gasteiger partial charge < -0.3 is 19.9 Å². The number of amides is 1. The van der Waals surface area contributed by atoms with Crippen LogP contribution in [-0.4, -0.2) is 44.6 Å². The number of methoxy groups -OCH3 is 1. The summed E-state index contributed by atoms with van der Waals surface area (Å²) in [4.78, 5) is 23.0. The summed E-state index contributed by atoms with van der Waals surface area (Å²) in [5, 5.41) is 7.35. The van der Waals surface area contributed by atoms with Crippen LogP contribution in [0.3, 0.4) is 0 Å². The summed E-state index contributed by atoms with van der Waals surface area (Å²) in [6.45, 7) is 0.497. The normalized spacial score (nSPS) is 11.3. The van der Waals surface area contributed by atoms with Crippen molar-refractivity contribution in [3.05, 3.63) is 90.1 Å². The number of hydrogen-bond donors (Lipinski definition) is 3. The Labute approximate surface area is 199 Å². The molecule has 4 rings (SSSR count). The van der Waals surface area contributed by atoms with Gasteiger partial charge in [-0.2, -0.15) is 0 Å². The smallest absolute Gasteiger partial charge is 0.258 e. The van der Waals surface area contributed by atoms with E-state index in [9.17, 15) is 4.79 Å². The highest BCUT2D eigenvalue weighted by molar-refractivity contribution is 6.10. The molecule has 1 aromatic heterocycles. The number of carbonyl (C=O) groups is 1. The first-order chi connectivity index (χ1) is 16.5. The van der Waals surface area contributed by atoms with Crippen molar-refractivity contribution in [2.24, 2.45) is 4.99 Å². The summed E-state index contributed by atoms with van der Waals surface area (Å²) in [7, 11) is 5.50. The number of guanidine groups is 1. The lowest BCUT2D eigenvalue weighted by Gasteiger charge is -2.16. The van der Waals surface area contributed by atoms with Gasteiger partial charge in [-0.15, -0.1) is 0 Å². The first-order valence-corrected chi connectivity index (χ1v) is 11.1. The van der Waals surface area contributed by atoms with Crippen LogP contribution < -0.4 is 20.3 Å². The van der Waals surface area contributed by atoms with E-state index in [1.165, 1.54) is 10.9 Å². The number of nitrogens with zero attached hydrogens (tertiary/aromatic N) is 2. The fraction of sp³-hybridized carbons (Fsp3) is 0.185. The quantitative estimate of drug-likeness (QED) is 0.279. The van der Waals surface area contributed by atoms with Gasteiger partial charge >= 0.3 is 0 Å². The molecule has 0 spiro atoms. The minimum atomic E-state index is -0.239. The zero-order valence-electron chi connectivity index (χ0n) is 19.6. The van der Waals surface area contributed by atoms with Crippen molar-refractivity contribution in [2.75, 3.05) is 38.0 Å². The maximum Gasteiger partial charge on any atom is 0.258 e. The Hall–Kier alpha value is -4.26. The molecular weight excluding hydrogens is 426 g/mol. The van der Waals surface area contributed by atoms with Gasteiger partial charge in [0.05, 0.1) is 12.8 Å². The first kappa shape index (κ1) is 22.9. The Morgan fingerprint density at radius 1 is 1.03 bits per heavy atom. The van der Waals surface area contributed by atoms with Crippen molar-refractivity contribution in [1.82, 2.24) is 10.3 Å². The SMILES string of the molecule is COc1ccccc1NC(=NCCc1c[nH]c2ccccc12)NC(=O)c1cccc(N(C)C)c1. The molecule has 7 nitrogen and oxygen atoms in total. The largest absolute Gasteiger partial charge is 0.495 e. The summed E-state index contributed by atoms with van der Waals surface area (Å²) < 4.78 is 5.45. The molecule has 0 unspecified atom stereocenters. The summed E-state index contributed by atoms with van der Waals surface area (Å²) in [5.41, 5.74) is 4.50. The third kappa shape index (κ3) is 5.38. The van der Waals surface area contributed by atoms with Crippen LogP contribution in [0.4, 0.5) is 11.4 Å². The van der Waals surface area contributed by atoms with Gasteiger partial charge in [0.15, 0.2) is 0 Å². The van der Waals surface area contributed by atoms with Crippen LogP contribution in [0.25, 0.3) is 10.9 Å². The number of rotatable bonds is 7. The lowest BCUT2D eigenvalue weighted by Crippen LogP contribution is -2.36. The Bertz CT molecular complexity index is 1310. The van der Waals surface area contributed by atoms with Crippen molar-refractivity contribution >= 4 is 34.1 Å². The number of para-hydroxylation sites is 3. The molecule has 4 aromatic rings. The van der Waals surface area contributed by atoms with E-state index in [0.717, 1.165) is 23.3 Å². The standard InChI is InChI=1S/C27H29N5O2/c1-32(2)21-10-8-9-19(17-21)26(33)31-27(30-24-13-6-7-14-25(24)34-3)28-16-15-20-18-29-23-12-5-4-11-22(20)23/h4-14,17-18,29H,15-16H2,1-3H3,(H2,28,30,31,33). The van der Waals surface area contributed by atoms with E-state index in [2.05, 4.69) is 27.8 Å². The van der Waals surface area contributed by atoms with Crippen LogP contribution in [0, 0.1) is 0 Å². The number of H-pyrrole nitrogens is 1. The second-order valence-corrected chi connectivity index (χ2v) is 8.06. The average molecular weight is 456 g/mol. The molecule has 34 heavy (non-hydrogen) atoms. The summed E-state index contributed by atoms with van der Waals surface area (Å²) in [5.74, 6) is 0.789. The predicted octanol–water partition coefficient (Wildman–Crippen LogP) is 4.68. The van der Waals surface area contributed by atoms with Gasteiger partial charge in [0, 0.05) is 49.0 Å². The third-order valence-corrected chi connectivity index (χ3v) is 5.54. The number of anilines is 2. The number of carbonyl (C=O) groups excluding carboxylic acids is 1. The molecule has 174 valence electrons. The minimum Gasteiger partial charge on any atom is -0.495 e. The molecule has 1 heterocycles. The van der Waals surface area contributed by atoms with Crippen molar-refractivity contribution in [1.29, 1.82) is 0 Å². The van der Waals surface area contributed by atoms with Crippen LogP contribution in [0.2, 0.25) is 0 Å². The number of aromatic amines is 1. The van der Waals surface area contributed by atoms with E-state index in [-0.39, 0.29) is 5.91 Å². The first-order valence-electron chi connectivity index (χ1n) is 11.1. The van der Waals surface area contributed by atoms with E-state index in [1.807, 2.05) is 79.8 Å². The fourth-order valence-electron chi connectivity index (χ4n) is 3.72. The van der Waals surface area contributed by atoms with Crippen LogP contribution in [0.15, 0.2) is 84.0 Å². The maximum atomic E-state index is 13.1. The number of nitrogens with one attached hydrogen (secondary N) is 3. The lowest BCUT2D eigenvalue weighted by atomic mass is 10.1. The molecule has 7 heteroatoms. The highest BCUT2D eigenvalue weighted by atomic mass is 16.5. The fourth-order valence-corrected chi connectivity index (χ4v) is 3.72. The molecule has 0 aliphatic heterocycles. The van der Waals surface area contributed by atoms with Crippen molar-refractivity contribution in [2.45, 2.75) is 6.42 Å². The molecule has 0 radical (unpaired) electrons. The van der Waals surface area contributed by atoms with Gasteiger partial charge in [-0.1, -0.05) is 36.4 Å². The van der Waals surface area contributed by atoms with Gasteiger partial charge in [0.2, 0.25) is 5.96 Å². The van der Waals surface area contributed by atoms with Gasteiger partial charge in [-0.05, 0) is 48.4 Å². The second-order valence-electron chi connectivity index (χ2n) is 8.06. The number of hydrogen-bond acceptors (Lipinski definition) is 4. The molecule has 0 saturated heterocycles. The third-order valence-electron chi connectivity index (χ3n) is 5.54. The Kier molecular flexibility index (Phi) is 7.13. The highest BCUT2D eigenvalue weighted by Crippen LogP contribution is 2.23. The molecule has 3 N–H and O–H groups in total. The molecule has 0 fully saturated rings. The second kappa shape index (κ2) is 10.6. The number of aliphatic imine (C=N–C) groups is 1. The highest BCUT2D eigenvalue weighted by Gasteiger charge is 2.12. The van der Waals surface area contributed by atoms with Crippen molar-refractivity contribution < 1.29 is 9.53 Å². The molecule has 1 amide bonds. The number of fused-ring (bicyclic) bond motifs is 1. The van der Waals surface area contributed by atoms with Gasteiger partial charge in [0.1, 0.15) is 5.75 Å². The summed E-state index contributed by atoms with van der Waals surface area (Å²) >= 11 is 0. The monoisotopic (exact) mass is 455 g/mol. The van der Waals surface area contributed by atoms with E-state index in [0.29, 0.717) is 23.8 Å². The summed E-state index contributed by atoms with van der Waals surface area (Å²) in [6.07, 6.45) is 2.74. The minimum absolute atomic E-state index is 0.239. The predicted molar refractivity (Wildman–Crippen MR) is 139 cm³/mol. The number of benzene rings is 3. The average Bonchev–Trinajstić information content (AvgIpc) is 3.27. The van der Waals surface area contributed by atoms with Gasteiger partial charge in [-0.25, -0.2) is 0 Å². The number of aromatic nitrogens is 1. The molecule has 0 aliphatic carbocycles. The van der Waals surface area contributed by atoms with E-state index < -0.39 is 0 Å². The Morgan fingerprint density at radius 2 is 1.82 bits per heavy atom. The molecule has 0 atom stereocenters. The van der Waals surface area contributed by atoms with Crippen molar-refractivity contribution in [3.63, 3.8) is 0 Å². The molecule has 0 bridgehead atoms. The Balaban J connectivity index is 1.55. The van der Waals surface area contributed by atoms with Gasteiger partial charge in [-0.3, -0.25) is 15.1 Å². The topological polar surface area (TPSA) is 81.7 Å². The van der Waals surface area contributed by atoms with Crippen molar-refractivity contribution in [3.8, 4) is 5.75 Å². The maximum absolute atomic E-state index is 13.1. The van der Waals surface area contributed by atoms with Gasteiger partial charge in [0.25, 0.3) is 5.91 Å². The van der Waals surface area contributed by atoms with Crippen LogP contribution in [-0.2, 0) is 6.42 Å². The van der Waals surface area contributed by atoms with Crippen LogP contribution in [0.5, 0.6) is 5.75 Å². The molecular formula is C27H29N5O2. The van der Waals surface area contributed by atoms with Crippen LogP contribution >= 0.6 is 0 Å². The summed E-state index contributed by atoms with van der Waals surface area (Å²) in [6, 6.07) is 23.2. The zero-order valence-corrected chi connectivity index (χ0v) is 19.6. The van der Waals surface area contributed by atoms with E-state index in [1.54, 1.807) is 13.2 Å². The number of ether oxygens (including phenoxy) is 1. The molecule has 0 aliphatic rings. The van der Waals surface area contributed by atoms with E-state index >= 15 is 0 Å². The zero-order chi connectivity index (χ0) is 23.9. The lowest BCUT2D eigenvalue weighted by molar-refractivity contribution is 0.0977. The molecule has 0 saturated carbocycles. The Morgan fingerprint density at radius 3 is 2.65 bits per heavy atom.